The van der Waals surface area contributed by atoms with Crippen LogP contribution in [0.25, 0.3) is 22.2 Å². The van der Waals surface area contributed by atoms with Crippen molar-refractivity contribution in [3.63, 3.8) is 0 Å². The number of carbonyl (C=O) groups excluding carboxylic acids is 1. The Morgan fingerprint density at radius 3 is 2.53 bits per heavy atom. The predicted octanol–water partition coefficient (Wildman–Crippen LogP) is 4.50. The standard InChI is InChI=1S/C24H25N3O3/c28-24(27-14-3-17-29-27)26-15-12-21(13-16-26)30-20-9-6-19(7-10-20)23-11-8-18-4-1-2-5-22(18)25-23/h1-2,4-11,21H,3,12-17H2. The first kappa shape index (κ1) is 18.9. The second kappa shape index (κ2) is 8.32. The molecular weight excluding hydrogens is 378 g/mol. The van der Waals surface area contributed by atoms with Gasteiger partial charge in [-0.15, -0.1) is 0 Å². The van der Waals surface area contributed by atoms with E-state index in [0.717, 1.165) is 47.2 Å². The van der Waals surface area contributed by atoms with Gasteiger partial charge in [-0.1, -0.05) is 24.3 Å². The van der Waals surface area contributed by atoms with Crippen LogP contribution in [0.5, 0.6) is 5.75 Å². The third-order valence-electron chi connectivity index (χ3n) is 5.73. The van der Waals surface area contributed by atoms with Crippen LogP contribution in [0.2, 0.25) is 0 Å². The lowest BCUT2D eigenvalue weighted by Crippen LogP contribution is -2.47. The fourth-order valence-corrected chi connectivity index (χ4v) is 4.04. The van der Waals surface area contributed by atoms with Gasteiger partial charge in [0.25, 0.3) is 0 Å². The van der Waals surface area contributed by atoms with Gasteiger partial charge in [-0.25, -0.2) is 14.8 Å². The van der Waals surface area contributed by atoms with Crippen LogP contribution < -0.4 is 4.74 Å². The van der Waals surface area contributed by atoms with Gasteiger partial charge in [0.15, 0.2) is 0 Å². The van der Waals surface area contributed by atoms with Crippen molar-refractivity contribution in [3.8, 4) is 17.0 Å². The number of hydrogen-bond acceptors (Lipinski definition) is 4. The minimum atomic E-state index is -0.0156. The average molecular weight is 403 g/mol. The Bertz CT molecular complexity index is 1020. The summed E-state index contributed by atoms with van der Waals surface area (Å²) in [4.78, 5) is 24.4. The number of ether oxygens (including phenoxy) is 1. The quantitative estimate of drug-likeness (QED) is 0.646. The van der Waals surface area contributed by atoms with Crippen molar-refractivity contribution in [1.82, 2.24) is 14.9 Å². The molecule has 154 valence electrons. The van der Waals surface area contributed by atoms with Crippen LogP contribution in [0, 0.1) is 0 Å². The Labute approximate surface area is 176 Å². The molecule has 0 aliphatic carbocycles. The SMILES string of the molecule is O=C(N1CCC(Oc2ccc(-c3ccc4ccccc4n3)cc2)CC1)N1CCCO1. The summed E-state index contributed by atoms with van der Waals surface area (Å²) in [6, 6.07) is 20.4. The van der Waals surface area contributed by atoms with Crippen molar-refractivity contribution in [2.45, 2.75) is 25.4 Å². The summed E-state index contributed by atoms with van der Waals surface area (Å²) < 4.78 is 6.17. The highest BCUT2D eigenvalue weighted by atomic mass is 16.7. The van der Waals surface area contributed by atoms with Crippen LogP contribution in [-0.4, -0.2) is 53.3 Å². The Morgan fingerprint density at radius 2 is 1.77 bits per heavy atom. The highest BCUT2D eigenvalue weighted by molar-refractivity contribution is 5.81. The number of para-hydroxylation sites is 1. The van der Waals surface area contributed by atoms with E-state index in [-0.39, 0.29) is 12.1 Å². The number of aromatic nitrogens is 1. The van der Waals surface area contributed by atoms with Crippen LogP contribution in [-0.2, 0) is 4.84 Å². The van der Waals surface area contributed by atoms with Gasteiger partial charge >= 0.3 is 6.03 Å². The number of amides is 2. The van der Waals surface area contributed by atoms with Crippen LogP contribution in [0.3, 0.4) is 0 Å². The van der Waals surface area contributed by atoms with E-state index < -0.39 is 0 Å². The highest BCUT2D eigenvalue weighted by Crippen LogP contribution is 2.25. The van der Waals surface area contributed by atoms with Crippen LogP contribution in [0.1, 0.15) is 19.3 Å². The molecule has 3 heterocycles. The maximum absolute atomic E-state index is 12.4. The lowest BCUT2D eigenvalue weighted by Gasteiger charge is -2.33. The smallest absolute Gasteiger partial charge is 0.343 e. The summed E-state index contributed by atoms with van der Waals surface area (Å²) in [7, 11) is 0. The Balaban J connectivity index is 1.19. The number of likely N-dealkylation sites (tertiary alicyclic amines) is 1. The second-order valence-electron chi connectivity index (χ2n) is 7.79. The number of hydroxylamine groups is 2. The van der Waals surface area contributed by atoms with E-state index in [9.17, 15) is 4.79 Å². The largest absolute Gasteiger partial charge is 0.490 e. The molecule has 1 aromatic heterocycles. The number of pyridine rings is 1. The van der Waals surface area contributed by atoms with Gasteiger partial charge in [0.2, 0.25) is 0 Å². The molecule has 2 amide bonds. The molecule has 0 radical (unpaired) electrons. The number of hydrogen-bond donors (Lipinski definition) is 0. The lowest BCUT2D eigenvalue weighted by atomic mass is 10.1. The fourth-order valence-electron chi connectivity index (χ4n) is 4.04. The molecule has 6 heteroatoms. The maximum Gasteiger partial charge on any atom is 0.343 e. The predicted molar refractivity (Wildman–Crippen MR) is 115 cm³/mol. The minimum absolute atomic E-state index is 0.0156. The molecule has 2 saturated heterocycles. The number of piperidine rings is 1. The minimum Gasteiger partial charge on any atom is -0.490 e. The zero-order valence-electron chi connectivity index (χ0n) is 16.9. The first-order valence-corrected chi connectivity index (χ1v) is 10.6. The summed E-state index contributed by atoms with van der Waals surface area (Å²) in [6.07, 6.45) is 2.69. The van der Waals surface area contributed by atoms with E-state index in [2.05, 4.69) is 30.3 Å². The molecule has 3 aromatic rings. The van der Waals surface area contributed by atoms with Crippen molar-refractivity contribution in [1.29, 1.82) is 0 Å². The molecule has 0 unspecified atom stereocenters. The van der Waals surface area contributed by atoms with E-state index in [0.29, 0.717) is 26.2 Å². The third-order valence-corrected chi connectivity index (χ3v) is 5.73. The molecule has 6 nitrogen and oxygen atoms in total. The van der Waals surface area contributed by atoms with Gasteiger partial charge in [0.05, 0.1) is 24.4 Å². The van der Waals surface area contributed by atoms with E-state index in [1.54, 1.807) is 0 Å². The zero-order valence-corrected chi connectivity index (χ0v) is 16.9. The van der Waals surface area contributed by atoms with Crippen LogP contribution >= 0.6 is 0 Å². The molecule has 0 saturated carbocycles. The first-order valence-electron chi connectivity index (χ1n) is 10.6. The van der Waals surface area contributed by atoms with Crippen molar-refractivity contribution in [3.05, 3.63) is 60.7 Å². The van der Waals surface area contributed by atoms with E-state index in [4.69, 9.17) is 14.6 Å². The van der Waals surface area contributed by atoms with Gasteiger partial charge in [-0.3, -0.25) is 4.84 Å². The Morgan fingerprint density at radius 1 is 0.967 bits per heavy atom. The normalized spacial score (nSPS) is 17.5. The zero-order chi connectivity index (χ0) is 20.3. The molecule has 5 rings (SSSR count). The fraction of sp³-hybridized carbons (Fsp3) is 0.333. The molecule has 0 bridgehead atoms. The van der Waals surface area contributed by atoms with Crippen molar-refractivity contribution in [2.24, 2.45) is 0 Å². The number of rotatable bonds is 3. The monoisotopic (exact) mass is 403 g/mol. The Hall–Kier alpha value is -3.12. The molecular formula is C24H25N3O3. The topological polar surface area (TPSA) is 54.9 Å². The molecule has 0 N–H and O–H groups in total. The summed E-state index contributed by atoms with van der Waals surface area (Å²) in [5.74, 6) is 0.854. The molecule has 2 fully saturated rings. The summed E-state index contributed by atoms with van der Waals surface area (Å²) in [5.41, 5.74) is 3.02. The lowest BCUT2D eigenvalue weighted by molar-refractivity contribution is -0.0797. The molecule has 0 spiro atoms. The van der Waals surface area contributed by atoms with Crippen LogP contribution in [0.4, 0.5) is 4.79 Å². The number of carbonyl (C=O) groups is 1. The van der Waals surface area contributed by atoms with Gasteiger partial charge in [0.1, 0.15) is 11.9 Å². The number of fused-ring (bicyclic) bond motifs is 1. The maximum atomic E-state index is 12.4. The van der Waals surface area contributed by atoms with Crippen molar-refractivity contribution < 1.29 is 14.4 Å². The van der Waals surface area contributed by atoms with E-state index in [1.807, 2.05) is 35.2 Å². The van der Waals surface area contributed by atoms with Crippen LogP contribution in [0.15, 0.2) is 60.7 Å². The molecule has 0 atom stereocenters. The van der Waals surface area contributed by atoms with E-state index in [1.165, 1.54) is 5.06 Å². The van der Waals surface area contributed by atoms with Crippen molar-refractivity contribution in [2.75, 3.05) is 26.2 Å². The van der Waals surface area contributed by atoms with Gasteiger partial charge in [-0.05, 0) is 42.8 Å². The molecule has 2 aliphatic heterocycles. The third kappa shape index (κ3) is 3.96. The summed E-state index contributed by atoms with van der Waals surface area (Å²) in [5, 5.41) is 2.63. The van der Waals surface area contributed by atoms with Gasteiger partial charge in [0, 0.05) is 36.9 Å². The first-order chi connectivity index (χ1) is 14.8. The van der Waals surface area contributed by atoms with E-state index >= 15 is 0 Å². The molecule has 2 aromatic carbocycles. The molecule has 2 aliphatic rings. The Kier molecular flexibility index (Phi) is 5.24. The number of benzene rings is 2. The average Bonchev–Trinajstić information content (AvgIpc) is 3.34. The van der Waals surface area contributed by atoms with Gasteiger partial charge < -0.3 is 9.64 Å². The van der Waals surface area contributed by atoms with Gasteiger partial charge in [-0.2, -0.15) is 0 Å². The number of nitrogens with zero attached hydrogens (tertiary/aromatic N) is 3. The summed E-state index contributed by atoms with van der Waals surface area (Å²) >= 11 is 0. The summed E-state index contributed by atoms with van der Waals surface area (Å²) in [6.45, 7) is 2.72. The highest BCUT2D eigenvalue weighted by Gasteiger charge is 2.29. The van der Waals surface area contributed by atoms with Crippen molar-refractivity contribution >= 4 is 16.9 Å². The number of urea groups is 1. The second-order valence-corrected chi connectivity index (χ2v) is 7.79. The molecule has 30 heavy (non-hydrogen) atoms.